The molecule has 0 spiro atoms. The van der Waals surface area contributed by atoms with Gasteiger partial charge in [-0.25, -0.2) is 4.98 Å². The molecule has 0 saturated heterocycles. The molecule has 3 nitrogen and oxygen atoms in total. The van der Waals surface area contributed by atoms with Crippen molar-refractivity contribution in [3.8, 4) is 11.3 Å². The molecule has 2 atom stereocenters. The van der Waals surface area contributed by atoms with Gasteiger partial charge in [0.1, 0.15) is 0 Å². The fourth-order valence-corrected chi connectivity index (χ4v) is 3.95. The van der Waals surface area contributed by atoms with Crippen molar-refractivity contribution in [3.63, 3.8) is 0 Å². The Balaban J connectivity index is 1.74. The van der Waals surface area contributed by atoms with Gasteiger partial charge in [-0.15, -0.1) is 0 Å². The van der Waals surface area contributed by atoms with Crippen LogP contribution in [0.3, 0.4) is 0 Å². The summed E-state index contributed by atoms with van der Waals surface area (Å²) in [6.07, 6.45) is 9.62. The van der Waals surface area contributed by atoms with Crippen molar-refractivity contribution in [2.75, 3.05) is 0 Å². The lowest BCUT2D eigenvalue weighted by Gasteiger charge is -2.31. The molecule has 1 aromatic heterocycles. The van der Waals surface area contributed by atoms with Gasteiger partial charge in [0.05, 0.1) is 30.4 Å². The standard InChI is InChI=1S/C17H20N2O/c20-17(12-6-2-1-3-7-12)16-14-9-5-4-8-13(14)15-10-18-11-19(15)16/h4-5,8-12,16-17,20H,1-3,6-7H2/t16-,17+/m1/s1. The maximum atomic E-state index is 10.9. The number of nitrogens with zero attached hydrogens (tertiary/aromatic N) is 2. The maximum Gasteiger partial charge on any atom is 0.0957 e. The second-order valence-electron chi connectivity index (χ2n) is 6.11. The van der Waals surface area contributed by atoms with Crippen LogP contribution in [0.5, 0.6) is 0 Å². The van der Waals surface area contributed by atoms with E-state index in [1.54, 1.807) is 0 Å². The van der Waals surface area contributed by atoms with Crippen LogP contribution in [-0.4, -0.2) is 20.8 Å². The highest BCUT2D eigenvalue weighted by molar-refractivity contribution is 5.69. The summed E-state index contributed by atoms with van der Waals surface area (Å²) in [6, 6.07) is 8.46. The summed E-state index contributed by atoms with van der Waals surface area (Å²) < 4.78 is 2.16. The van der Waals surface area contributed by atoms with Gasteiger partial charge in [0.2, 0.25) is 0 Å². The first-order valence-electron chi connectivity index (χ1n) is 7.65. The van der Waals surface area contributed by atoms with E-state index in [-0.39, 0.29) is 12.1 Å². The van der Waals surface area contributed by atoms with E-state index in [9.17, 15) is 5.11 Å². The molecule has 3 heteroatoms. The van der Waals surface area contributed by atoms with Crippen LogP contribution in [0.15, 0.2) is 36.8 Å². The van der Waals surface area contributed by atoms with E-state index in [0.29, 0.717) is 5.92 Å². The predicted molar refractivity (Wildman–Crippen MR) is 78.4 cm³/mol. The van der Waals surface area contributed by atoms with Crippen molar-refractivity contribution in [2.45, 2.75) is 44.2 Å². The fraction of sp³-hybridized carbons (Fsp3) is 0.471. The lowest BCUT2D eigenvalue weighted by atomic mass is 9.81. The number of aliphatic hydroxyl groups excluding tert-OH is 1. The third kappa shape index (κ3) is 1.73. The molecule has 2 aromatic rings. The van der Waals surface area contributed by atoms with Gasteiger partial charge >= 0.3 is 0 Å². The molecule has 0 amide bonds. The highest BCUT2D eigenvalue weighted by Gasteiger charge is 2.37. The van der Waals surface area contributed by atoms with Gasteiger partial charge in [0.15, 0.2) is 0 Å². The van der Waals surface area contributed by atoms with Crippen molar-refractivity contribution in [3.05, 3.63) is 42.4 Å². The van der Waals surface area contributed by atoms with Gasteiger partial charge in [-0.05, 0) is 24.3 Å². The van der Waals surface area contributed by atoms with Gasteiger partial charge in [0.25, 0.3) is 0 Å². The average Bonchev–Trinajstić information content (AvgIpc) is 3.08. The molecule has 0 radical (unpaired) electrons. The molecule has 1 aliphatic heterocycles. The molecule has 1 aromatic carbocycles. The van der Waals surface area contributed by atoms with Gasteiger partial charge in [0, 0.05) is 5.56 Å². The normalized spacial score (nSPS) is 23.4. The fourth-order valence-electron chi connectivity index (χ4n) is 3.95. The molecule has 0 unspecified atom stereocenters. The molecule has 0 bridgehead atoms. The van der Waals surface area contributed by atoms with Crippen LogP contribution in [0.25, 0.3) is 11.3 Å². The second-order valence-corrected chi connectivity index (χ2v) is 6.11. The lowest BCUT2D eigenvalue weighted by Crippen LogP contribution is -2.31. The SMILES string of the molecule is O[C@@H](C1CCCCC1)[C@H]1c2ccccc2-c2cncn21. The summed E-state index contributed by atoms with van der Waals surface area (Å²) in [7, 11) is 0. The van der Waals surface area contributed by atoms with Gasteiger partial charge in [-0.2, -0.15) is 0 Å². The van der Waals surface area contributed by atoms with Crippen molar-refractivity contribution >= 4 is 0 Å². The molecule has 1 aliphatic carbocycles. The molecular formula is C17H20N2O. The first-order chi connectivity index (χ1) is 9.86. The zero-order chi connectivity index (χ0) is 13.5. The van der Waals surface area contributed by atoms with E-state index in [1.807, 2.05) is 12.5 Å². The number of fused-ring (bicyclic) bond motifs is 3. The molecule has 1 N–H and O–H groups in total. The molecule has 20 heavy (non-hydrogen) atoms. The zero-order valence-electron chi connectivity index (χ0n) is 11.6. The smallest absolute Gasteiger partial charge is 0.0957 e. The minimum absolute atomic E-state index is 0.0480. The van der Waals surface area contributed by atoms with Crippen LogP contribution in [-0.2, 0) is 0 Å². The number of aliphatic hydroxyl groups is 1. The Morgan fingerprint density at radius 2 is 1.95 bits per heavy atom. The monoisotopic (exact) mass is 268 g/mol. The van der Waals surface area contributed by atoms with E-state index >= 15 is 0 Å². The Kier molecular flexibility index (Phi) is 2.88. The summed E-state index contributed by atoms with van der Waals surface area (Å²) in [4.78, 5) is 4.27. The molecule has 2 aliphatic rings. The largest absolute Gasteiger partial charge is 0.390 e. The first kappa shape index (κ1) is 12.2. The van der Waals surface area contributed by atoms with E-state index in [1.165, 1.54) is 30.4 Å². The van der Waals surface area contributed by atoms with E-state index in [4.69, 9.17) is 0 Å². The summed E-state index contributed by atoms with van der Waals surface area (Å²) >= 11 is 0. The van der Waals surface area contributed by atoms with E-state index in [0.717, 1.165) is 18.5 Å². The maximum absolute atomic E-state index is 10.9. The highest BCUT2D eigenvalue weighted by Crippen LogP contribution is 2.44. The second kappa shape index (κ2) is 4.74. The number of rotatable bonds is 2. The molecular weight excluding hydrogens is 248 g/mol. The number of hydrogen-bond donors (Lipinski definition) is 1. The Hall–Kier alpha value is -1.61. The lowest BCUT2D eigenvalue weighted by molar-refractivity contribution is 0.0536. The summed E-state index contributed by atoms with van der Waals surface area (Å²) in [5.74, 6) is 0.426. The van der Waals surface area contributed by atoms with Gasteiger partial charge in [-0.1, -0.05) is 43.5 Å². The van der Waals surface area contributed by atoms with Crippen molar-refractivity contribution < 1.29 is 5.11 Å². The number of imidazole rings is 1. The van der Waals surface area contributed by atoms with Crippen LogP contribution in [0.4, 0.5) is 0 Å². The molecule has 1 fully saturated rings. The van der Waals surface area contributed by atoms with Gasteiger partial charge < -0.3 is 9.67 Å². The number of aromatic nitrogens is 2. The van der Waals surface area contributed by atoms with Crippen molar-refractivity contribution in [1.29, 1.82) is 0 Å². The molecule has 1 saturated carbocycles. The van der Waals surface area contributed by atoms with Crippen molar-refractivity contribution in [2.24, 2.45) is 5.92 Å². The van der Waals surface area contributed by atoms with Crippen LogP contribution in [0, 0.1) is 5.92 Å². The minimum atomic E-state index is -0.299. The van der Waals surface area contributed by atoms with E-state index in [2.05, 4.69) is 33.8 Å². The Labute approximate surface area is 119 Å². The Morgan fingerprint density at radius 3 is 2.80 bits per heavy atom. The van der Waals surface area contributed by atoms with Crippen LogP contribution < -0.4 is 0 Å². The summed E-state index contributed by atoms with van der Waals surface area (Å²) in [5, 5.41) is 10.9. The predicted octanol–water partition coefficient (Wildman–Crippen LogP) is 3.39. The molecule has 4 rings (SSSR count). The summed E-state index contributed by atoms with van der Waals surface area (Å²) in [5.41, 5.74) is 3.62. The highest BCUT2D eigenvalue weighted by atomic mass is 16.3. The molecule has 2 heterocycles. The van der Waals surface area contributed by atoms with E-state index < -0.39 is 0 Å². The number of hydrogen-bond acceptors (Lipinski definition) is 2. The topological polar surface area (TPSA) is 38.1 Å². The van der Waals surface area contributed by atoms with Crippen LogP contribution in [0.2, 0.25) is 0 Å². The first-order valence-corrected chi connectivity index (χ1v) is 7.65. The van der Waals surface area contributed by atoms with Crippen LogP contribution >= 0.6 is 0 Å². The average molecular weight is 268 g/mol. The Morgan fingerprint density at radius 1 is 1.15 bits per heavy atom. The Bertz CT molecular complexity index is 613. The van der Waals surface area contributed by atoms with Crippen LogP contribution in [0.1, 0.15) is 43.7 Å². The van der Waals surface area contributed by atoms with Gasteiger partial charge in [-0.3, -0.25) is 0 Å². The molecule has 104 valence electrons. The zero-order valence-corrected chi connectivity index (χ0v) is 11.6. The third-order valence-electron chi connectivity index (χ3n) is 4.98. The summed E-state index contributed by atoms with van der Waals surface area (Å²) in [6.45, 7) is 0. The van der Waals surface area contributed by atoms with Crippen molar-refractivity contribution in [1.82, 2.24) is 9.55 Å². The quantitative estimate of drug-likeness (QED) is 0.906. The number of benzene rings is 1. The third-order valence-corrected chi connectivity index (χ3v) is 4.98. The minimum Gasteiger partial charge on any atom is -0.390 e.